The van der Waals surface area contributed by atoms with Crippen LogP contribution in [0.4, 0.5) is 0 Å². The molecule has 2 N–H and O–H groups in total. The number of hydrogen-bond acceptors (Lipinski definition) is 3. The molecule has 0 aromatic heterocycles. The van der Waals surface area contributed by atoms with E-state index in [0.29, 0.717) is 6.54 Å². The molecule has 1 amide bonds. The lowest BCUT2D eigenvalue weighted by molar-refractivity contribution is -0.120. The summed E-state index contributed by atoms with van der Waals surface area (Å²) in [4.78, 5) is 11.2. The van der Waals surface area contributed by atoms with Crippen molar-refractivity contribution in [2.45, 2.75) is 38.5 Å². The SMILES string of the molecule is CSC(C)(C)CNCC(=O)NC(C)C. The van der Waals surface area contributed by atoms with Gasteiger partial charge in [0.2, 0.25) is 5.91 Å². The second kappa shape index (κ2) is 6.30. The average molecular weight is 218 g/mol. The highest BCUT2D eigenvalue weighted by Crippen LogP contribution is 2.19. The number of nitrogens with one attached hydrogen (secondary N) is 2. The molecule has 4 heteroatoms. The van der Waals surface area contributed by atoms with Crippen LogP contribution < -0.4 is 10.6 Å². The first-order valence-electron chi connectivity index (χ1n) is 4.92. The average Bonchev–Trinajstić information content (AvgIpc) is 2.02. The van der Waals surface area contributed by atoms with Crippen molar-refractivity contribution in [3.63, 3.8) is 0 Å². The Morgan fingerprint density at radius 2 is 2.00 bits per heavy atom. The summed E-state index contributed by atoms with van der Waals surface area (Å²) in [6, 6.07) is 0.220. The molecule has 0 saturated heterocycles. The van der Waals surface area contributed by atoms with Gasteiger partial charge in [-0.3, -0.25) is 4.79 Å². The third-order valence-electron chi connectivity index (χ3n) is 1.84. The van der Waals surface area contributed by atoms with E-state index >= 15 is 0 Å². The van der Waals surface area contributed by atoms with Crippen LogP contribution in [0.5, 0.6) is 0 Å². The van der Waals surface area contributed by atoms with Crippen molar-refractivity contribution in [3.8, 4) is 0 Å². The van der Waals surface area contributed by atoms with Gasteiger partial charge in [-0.05, 0) is 34.0 Å². The summed E-state index contributed by atoms with van der Waals surface area (Å²) in [5.74, 6) is 0.0666. The Balaban J connectivity index is 3.59. The standard InChI is InChI=1S/C10H22N2OS/c1-8(2)12-9(13)6-11-7-10(3,4)14-5/h8,11H,6-7H2,1-5H3,(H,12,13). The van der Waals surface area contributed by atoms with Crippen LogP contribution in [0, 0.1) is 0 Å². The predicted octanol–water partition coefficient (Wildman–Crippen LogP) is 1.24. The summed E-state index contributed by atoms with van der Waals surface area (Å²) in [7, 11) is 0. The van der Waals surface area contributed by atoms with E-state index in [1.54, 1.807) is 11.8 Å². The lowest BCUT2D eigenvalue weighted by atomic mass is 10.2. The molecule has 0 unspecified atom stereocenters. The molecule has 0 heterocycles. The van der Waals surface area contributed by atoms with Crippen LogP contribution in [-0.2, 0) is 4.79 Å². The minimum Gasteiger partial charge on any atom is -0.353 e. The van der Waals surface area contributed by atoms with Gasteiger partial charge in [0.05, 0.1) is 6.54 Å². The maximum absolute atomic E-state index is 11.2. The topological polar surface area (TPSA) is 41.1 Å². The Kier molecular flexibility index (Phi) is 6.20. The lowest BCUT2D eigenvalue weighted by Gasteiger charge is -2.22. The molecule has 14 heavy (non-hydrogen) atoms. The molecular weight excluding hydrogens is 196 g/mol. The van der Waals surface area contributed by atoms with Crippen molar-refractivity contribution >= 4 is 17.7 Å². The Morgan fingerprint density at radius 1 is 1.43 bits per heavy atom. The highest BCUT2D eigenvalue weighted by Gasteiger charge is 2.15. The maximum Gasteiger partial charge on any atom is 0.234 e. The molecule has 0 spiro atoms. The molecule has 0 saturated carbocycles. The summed E-state index contributed by atoms with van der Waals surface area (Å²) in [5, 5.41) is 5.99. The molecule has 0 radical (unpaired) electrons. The zero-order valence-electron chi connectivity index (χ0n) is 9.81. The van der Waals surface area contributed by atoms with Gasteiger partial charge in [-0.25, -0.2) is 0 Å². The zero-order chi connectivity index (χ0) is 11.2. The number of rotatable bonds is 6. The van der Waals surface area contributed by atoms with Gasteiger partial charge >= 0.3 is 0 Å². The molecular formula is C10H22N2OS. The molecule has 0 aliphatic rings. The van der Waals surface area contributed by atoms with Gasteiger partial charge in [-0.15, -0.1) is 0 Å². The van der Waals surface area contributed by atoms with Crippen LogP contribution in [0.15, 0.2) is 0 Å². The second-order valence-corrected chi connectivity index (χ2v) is 5.80. The third-order valence-corrected chi connectivity index (χ3v) is 3.09. The first kappa shape index (κ1) is 13.8. The third kappa shape index (κ3) is 7.21. The summed E-state index contributed by atoms with van der Waals surface area (Å²) in [6.45, 7) is 9.49. The molecule has 0 fully saturated rings. The van der Waals surface area contributed by atoms with E-state index in [4.69, 9.17) is 0 Å². The van der Waals surface area contributed by atoms with Crippen LogP contribution >= 0.6 is 11.8 Å². The van der Waals surface area contributed by atoms with Gasteiger partial charge in [0.1, 0.15) is 0 Å². The van der Waals surface area contributed by atoms with Gasteiger partial charge < -0.3 is 10.6 Å². The Labute approximate surface area is 91.4 Å². The van der Waals surface area contributed by atoms with E-state index < -0.39 is 0 Å². The van der Waals surface area contributed by atoms with Crippen molar-refractivity contribution < 1.29 is 4.79 Å². The van der Waals surface area contributed by atoms with Crippen LogP contribution in [0.3, 0.4) is 0 Å². The number of carbonyl (C=O) groups excluding carboxylic acids is 1. The fourth-order valence-corrected chi connectivity index (χ4v) is 1.17. The van der Waals surface area contributed by atoms with E-state index in [1.807, 2.05) is 13.8 Å². The van der Waals surface area contributed by atoms with Crippen LogP contribution in [0.25, 0.3) is 0 Å². The quantitative estimate of drug-likeness (QED) is 0.705. The smallest absolute Gasteiger partial charge is 0.234 e. The minimum absolute atomic E-state index is 0.0666. The van der Waals surface area contributed by atoms with Gasteiger partial charge in [0, 0.05) is 17.3 Å². The first-order chi connectivity index (χ1) is 6.37. The molecule has 0 atom stereocenters. The van der Waals surface area contributed by atoms with Gasteiger partial charge in [0.25, 0.3) is 0 Å². The Hall–Kier alpha value is -0.220. The molecule has 0 aromatic carbocycles. The summed E-state index contributed by atoms with van der Waals surface area (Å²) >= 11 is 1.80. The van der Waals surface area contributed by atoms with E-state index in [2.05, 4.69) is 30.7 Å². The van der Waals surface area contributed by atoms with Gasteiger partial charge in [0.15, 0.2) is 0 Å². The number of carbonyl (C=O) groups is 1. The first-order valence-corrected chi connectivity index (χ1v) is 6.15. The fraction of sp³-hybridized carbons (Fsp3) is 0.900. The van der Waals surface area contributed by atoms with E-state index in [0.717, 1.165) is 6.54 Å². The lowest BCUT2D eigenvalue weighted by Crippen LogP contribution is -2.41. The Morgan fingerprint density at radius 3 is 2.43 bits per heavy atom. The van der Waals surface area contributed by atoms with Crippen LogP contribution in [0.1, 0.15) is 27.7 Å². The number of amides is 1. The minimum atomic E-state index is 0.0666. The van der Waals surface area contributed by atoms with Crippen LogP contribution in [-0.4, -0.2) is 36.0 Å². The van der Waals surface area contributed by atoms with Crippen molar-refractivity contribution in [2.24, 2.45) is 0 Å². The highest BCUT2D eigenvalue weighted by atomic mass is 32.2. The predicted molar refractivity (Wildman–Crippen MR) is 63.7 cm³/mol. The molecule has 0 aromatic rings. The molecule has 84 valence electrons. The second-order valence-electron chi connectivity index (χ2n) is 4.29. The number of thioether (sulfide) groups is 1. The van der Waals surface area contributed by atoms with Crippen LogP contribution in [0.2, 0.25) is 0 Å². The molecule has 0 rings (SSSR count). The molecule has 0 aliphatic heterocycles. The summed E-state index contributed by atoms with van der Waals surface area (Å²) in [6.07, 6.45) is 2.08. The highest BCUT2D eigenvalue weighted by molar-refractivity contribution is 7.99. The summed E-state index contributed by atoms with van der Waals surface area (Å²) < 4.78 is 0.193. The summed E-state index contributed by atoms with van der Waals surface area (Å²) in [5.41, 5.74) is 0. The van der Waals surface area contributed by atoms with Crippen molar-refractivity contribution in [2.75, 3.05) is 19.3 Å². The van der Waals surface area contributed by atoms with Gasteiger partial charge in [-0.1, -0.05) is 0 Å². The fourth-order valence-electron chi connectivity index (χ4n) is 0.922. The van der Waals surface area contributed by atoms with E-state index in [9.17, 15) is 4.79 Å². The molecule has 3 nitrogen and oxygen atoms in total. The van der Waals surface area contributed by atoms with Gasteiger partial charge in [-0.2, -0.15) is 11.8 Å². The van der Waals surface area contributed by atoms with Crippen molar-refractivity contribution in [1.82, 2.24) is 10.6 Å². The largest absolute Gasteiger partial charge is 0.353 e. The monoisotopic (exact) mass is 218 g/mol. The van der Waals surface area contributed by atoms with Crippen molar-refractivity contribution in [1.29, 1.82) is 0 Å². The molecule has 0 bridgehead atoms. The van der Waals surface area contributed by atoms with Crippen molar-refractivity contribution in [3.05, 3.63) is 0 Å². The number of hydrogen-bond donors (Lipinski definition) is 2. The maximum atomic E-state index is 11.2. The Bertz CT molecular complexity index is 181. The van der Waals surface area contributed by atoms with E-state index in [-0.39, 0.29) is 16.7 Å². The van der Waals surface area contributed by atoms with E-state index in [1.165, 1.54) is 0 Å². The zero-order valence-corrected chi connectivity index (χ0v) is 10.6. The molecule has 0 aliphatic carbocycles. The normalized spacial score (nSPS) is 11.9.